The number of carbonyl (C=O) groups excluding carboxylic acids is 2. The molecule has 1 saturated carbocycles. The van der Waals surface area contributed by atoms with Crippen LogP contribution in [0.25, 0.3) is 0 Å². The average Bonchev–Trinajstić information content (AvgIpc) is 3.29. The number of rotatable bonds is 4. The van der Waals surface area contributed by atoms with E-state index >= 15 is 0 Å². The largest absolute Gasteiger partial charge is 0.488 e. The summed E-state index contributed by atoms with van der Waals surface area (Å²) in [6.07, 6.45) is 1.89. The number of nitrogens with zero attached hydrogens (tertiary/aromatic N) is 3. The summed E-state index contributed by atoms with van der Waals surface area (Å²) in [5.74, 6) is 0.593. The number of hydrogen-bond donors (Lipinski definition) is 1. The van der Waals surface area contributed by atoms with E-state index in [1.54, 1.807) is 35.2 Å². The number of aliphatic hydroxyl groups is 1. The van der Waals surface area contributed by atoms with Crippen LogP contribution in [-0.4, -0.2) is 63.8 Å². The quantitative estimate of drug-likeness (QED) is 0.769. The van der Waals surface area contributed by atoms with Crippen molar-refractivity contribution in [3.05, 3.63) is 47.5 Å². The molecular weight excluding hydrogens is 386 g/mol. The number of benzene rings is 1. The standard InChI is InChI=1S/C22H27N3O5/c1-13-20(24(2)12-23-13)21(27)25-10-15-8-18(26)19(9-16(15)11-25)30-17-6-4-5-14(7-17)22(28)29-3/h4-7,12,15-16,18-19,26H,8-11H2,1-3H3/t15-,16+,18+,19+/m0/s1. The van der Waals surface area contributed by atoms with Crippen LogP contribution in [0.5, 0.6) is 5.75 Å². The lowest BCUT2D eigenvalue weighted by molar-refractivity contribution is -0.0231. The van der Waals surface area contributed by atoms with Crippen molar-refractivity contribution in [2.24, 2.45) is 18.9 Å². The highest BCUT2D eigenvalue weighted by molar-refractivity contribution is 5.94. The zero-order chi connectivity index (χ0) is 21.4. The maximum absolute atomic E-state index is 13.0. The van der Waals surface area contributed by atoms with Crippen LogP contribution in [0.3, 0.4) is 0 Å². The predicted molar refractivity (Wildman–Crippen MR) is 108 cm³/mol. The van der Waals surface area contributed by atoms with E-state index in [-0.39, 0.29) is 23.8 Å². The molecule has 4 rings (SSSR count). The van der Waals surface area contributed by atoms with Crippen LogP contribution < -0.4 is 4.74 Å². The molecule has 1 aromatic carbocycles. The molecule has 0 bridgehead atoms. The molecule has 0 unspecified atom stereocenters. The SMILES string of the molecule is COC(=O)c1cccc(O[C@@H]2C[C@@H]3CN(C(=O)c4c(C)ncn4C)C[C@@H]3C[C@H]2O)c1. The van der Waals surface area contributed by atoms with Gasteiger partial charge in [-0.05, 0) is 49.8 Å². The summed E-state index contributed by atoms with van der Waals surface area (Å²) < 4.78 is 12.6. The van der Waals surface area contributed by atoms with Crippen LogP contribution in [0, 0.1) is 18.8 Å². The Morgan fingerprint density at radius 3 is 2.60 bits per heavy atom. The van der Waals surface area contributed by atoms with Gasteiger partial charge in [0.1, 0.15) is 17.5 Å². The number of likely N-dealkylation sites (tertiary alicyclic amines) is 1. The Balaban J connectivity index is 1.44. The van der Waals surface area contributed by atoms with Crippen molar-refractivity contribution < 1.29 is 24.2 Å². The van der Waals surface area contributed by atoms with Crippen molar-refractivity contribution in [3.8, 4) is 5.75 Å². The van der Waals surface area contributed by atoms with Crippen LogP contribution in [0.4, 0.5) is 0 Å². The minimum absolute atomic E-state index is 0.0142. The van der Waals surface area contributed by atoms with E-state index in [9.17, 15) is 14.7 Å². The van der Waals surface area contributed by atoms with E-state index in [1.807, 2.05) is 18.9 Å². The molecule has 1 aliphatic heterocycles. The highest BCUT2D eigenvalue weighted by atomic mass is 16.5. The Labute approximate surface area is 175 Å². The van der Waals surface area contributed by atoms with Crippen LogP contribution in [0.2, 0.25) is 0 Å². The lowest BCUT2D eigenvalue weighted by Gasteiger charge is -2.35. The lowest BCUT2D eigenvalue weighted by Crippen LogP contribution is -2.42. The van der Waals surface area contributed by atoms with Gasteiger partial charge in [-0.25, -0.2) is 9.78 Å². The summed E-state index contributed by atoms with van der Waals surface area (Å²) in [5, 5.41) is 10.7. The molecular formula is C22H27N3O5. The summed E-state index contributed by atoms with van der Waals surface area (Å²) in [7, 11) is 3.16. The Morgan fingerprint density at radius 2 is 1.93 bits per heavy atom. The third-order valence-corrected chi connectivity index (χ3v) is 6.24. The van der Waals surface area contributed by atoms with E-state index in [0.29, 0.717) is 42.9 Å². The first-order valence-corrected chi connectivity index (χ1v) is 10.2. The normalized spacial score (nSPS) is 25.7. The fourth-order valence-electron chi connectivity index (χ4n) is 4.67. The van der Waals surface area contributed by atoms with Crippen molar-refractivity contribution >= 4 is 11.9 Å². The Hall–Kier alpha value is -2.87. The fourth-order valence-corrected chi connectivity index (χ4v) is 4.67. The summed E-state index contributed by atoms with van der Waals surface area (Å²) in [6.45, 7) is 3.12. The molecule has 1 aromatic heterocycles. The topological polar surface area (TPSA) is 93.9 Å². The fraction of sp³-hybridized carbons (Fsp3) is 0.500. The summed E-state index contributed by atoms with van der Waals surface area (Å²) in [6, 6.07) is 6.78. The number of fused-ring (bicyclic) bond motifs is 1. The van der Waals surface area contributed by atoms with Gasteiger partial charge in [-0.1, -0.05) is 6.07 Å². The van der Waals surface area contributed by atoms with Crippen molar-refractivity contribution in [2.45, 2.75) is 32.0 Å². The van der Waals surface area contributed by atoms with Gasteiger partial charge in [0, 0.05) is 20.1 Å². The molecule has 1 saturated heterocycles. The zero-order valence-electron chi connectivity index (χ0n) is 17.4. The van der Waals surface area contributed by atoms with Gasteiger partial charge in [0.25, 0.3) is 5.91 Å². The summed E-state index contributed by atoms with van der Waals surface area (Å²) >= 11 is 0. The maximum Gasteiger partial charge on any atom is 0.337 e. The number of ether oxygens (including phenoxy) is 2. The van der Waals surface area contributed by atoms with Crippen molar-refractivity contribution in [1.29, 1.82) is 0 Å². The number of aliphatic hydroxyl groups excluding tert-OH is 1. The molecule has 4 atom stereocenters. The van der Waals surface area contributed by atoms with Crippen LogP contribution in [0.15, 0.2) is 30.6 Å². The number of carbonyl (C=O) groups is 2. The number of hydrogen-bond acceptors (Lipinski definition) is 6. The van der Waals surface area contributed by atoms with E-state index in [4.69, 9.17) is 9.47 Å². The molecule has 2 aliphatic rings. The van der Waals surface area contributed by atoms with E-state index in [2.05, 4.69) is 4.98 Å². The van der Waals surface area contributed by atoms with Gasteiger partial charge in [-0.15, -0.1) is 0 Å². The van der Waals surface area contributed by atoms with Gasteiger partial charge >= 0.3 is 5.97 Å². The first kappa shape index (κ1) is 20.4. The third kappa shape index (κ3) is 3.79. The highest BCUT2D eigenvalue weighted by Gasteiger charge is 2.44. The Bertz CT molecular complexity index is 936. The lowest BCUT2D eigenvalue weighted by atomic mass is 9.78. The van der Waals surface area contributed by atoms with Gasteiger partial charge in [-0.2, -0.15) is 0 Å². The summed E-state index contributed by atoms with van der Waals surface area (Å²) in [4.78, 5) is 30.8. The van der Waals surface area contributed by atoms with Gasteiger partial charge < -0.3 is 24.0 Å². The van der Waals surface area contributed by atoms with Gasteiger partial charge in [0.15, 0.2) is 0 Å². The van der Waals surface area contributed by atoms with E-state index < -0.39 is 12.1 Å². The summed E-state index contributed by atoms with van der Waals surface area (Å²) in [5.41, 5.74) is 1.74. The van der Waals surface area contributed by atoms with Crippen molar-refractivity contribution in [1.82, 2.24) is 14.5 Å². The third-order valence-electron chi connectivity index (χ3n) is 6.24. The number of esters is 1. The van der Waals surface area contributed by atoms with Gasteiger partial charge in [0.05, 0.1) is 30.8 Å². The van der Waals surface area contributed by atoms with Crippen LogP contribution in [0.1, 0.15) is 39.4 Å². The smallest absolute Gasteiger partial charge is 0.337 e. The second-order valence-electron chi connectivity index (χ2n) is 8.23. The Morgan fingerprint density at radius 1 is 1.20 bits per heavy atom. The molecule has 2 fully saturated rings. The minimum Gasteiger partial charge on any atom is -0.488 e. The molecule has 2 aromatic rings. The molecule has 0 spiro atoms. The molecule has 1 N–H and O–H groups in total. The number of aromatic nitrogens is 2. The van der Waals surface area contributed by atoms with Crippen LogP contribution >= 0.6 is 0 Å². The molecule has 1 amide bonds. The molecule has 8 nitrogen and oxygen atoms in total. The second kappa shape index (κ2) is 8.10. The number of amides is 1. The highest BCUT2D eigenvalue weighted by Crippen LogP contribution is 2.38. The van der Waals surface area contributed by atoms with Crippen molar-refractivity contribution in [3.63, 3.8) is 0 Å². The van der Waals surface area contributed by atoms with Crippen LogP contribution in [-0.2, 0) is 11.8 Å². The average molecular weight is 413 g/mol. The number of aryl methyl sites for hydroxylation is 2. The van der Waals surface area contributed by atoms with Gasteiger partial charge in [-0.3, -0.25) is 4.79 Å². The monoisotopic (exact) mass is 413 g/mol. The number of methoxy groups -OCH3 is 1. The van der Waals surface area contributed by atoms with Gasteiger partial charge in [0.2, 0.25) is 0 Å². The predicted octanol–water partition coefficient (Wildman–Crippen LogP) is 1.81. The molecule has 2 heterocycles. The Kier molecular flexibility index (Phi) is 5.51. The minimum atomic E-state index is -0.624. The van der Waals surface area contributed by atoms with E-state index in [0.717, 1.165) is 5.69 Å². The molecule has 8 heteroatoms. The first-order valence-electron chi connectivity index (χ1n) is 10.2. The van der Waals surface area contributed by atoms with Crippen molar-refractivity contribution in [2.75, 3.05) is 20.2 Å². The molecule has 1 aliphatic carbocycles. The van der Waals surface area contributed by atoms with E-state index in [1.165, 1.54) is 7.11 Å². The number of imidazole rings is 1. The zero-order valence-corrected chi connectivity index (χ0v) is 17.4. The second-order valence-corrected chi connectivity index (χ2v) is 8.23. The molecule has 160 valence electrons. The molecule has 0 radical (unpaired) electrons. The molecule has 30 heavy (non-hydrogen) atoms. The maximum atomic E-state index is 13.0. The first-order chi connectivity index (χ1) is 14.4.